The molecule has 2 nitrogen and oxygen atoms in total. The number of ether oxygens (including phenoxy) is 1. The van der Waals surface area contributed by atoms with Gasteiger partial charge in [0.15, 0.2) is 0 Å². The Labute approximate surface area is 117 Å². The van der Waals surface area contributed by atoms with Crippen LogP contribution in [0.5, 0.6) is 5.75 Å². The van der Waals surface area contributed by atoms with E-state index in [-0.39, 0.29) is 5.75 Å². The zero-order valence-corrected chi connectivity index (χ0v) is 11.3. The molecular formula is C16H19F2NO. The molecule has 0 spiro atoms. The summed E-state index contributed by atoms with van der Waals surface area (Å²) in [5.41, 5.74) is 0.705. The monoisotopic (exact) mass is 279 g/mol. The smallest absolute Gasteiger partial charge is 0.387 e. The fourth-order valence-corrected chi connectivity index (χ4v) is 3.47. The molecule has 2 fully saturated rings. The highest BCUT2D eigenvalue weighted by molar-refractivity contribution is 5.57. The molecule has 3 rings (SSSR count). The molecule has 4 heteroatoms. The molecule has 1 aliphatic carbocycles. The number of nitrogens with one attached hydrogen (secondary N) is 1. The molecule has 0 radical (unpaired) electrons. The maximum absolute atomic E-state index is 12.4. The van der Waals surface area contributed by atoms with E-state index < -0.39 is 6.61 Å². The Morgan fingerprint density at radius 1 is 1.25 bits per heavy atom. The SMILES string of the molecule is FC(F)Oc1ccccc1/C=C/C1NCC2CCCC21. The van der Waals surface area contributed by atoms with Crippen molar-refractivity contribution in [2.75, 3.05) is 6.54 Å². The van der Waals surface area contributed by atoms with Crippen LogP contribution in [-0.2, 0) is 0 Å². The van der Waals surface area contributed by atoms with E-state index in [0.29, 0.717) is 17.5 Å². The van der Waals surface area contributed by atoms with Gasteiger partial charge in [0.1, 0.15) is 5.75 Å². The molecule has 20 heavy (non-hydrogen) atoms. The van der Waals surface area contributed by atoms with Gasteiger partial charge in [-0.05, 0) is 37.3 Å². The number of benzene rings is 1. The quantitative estimate of drug-likeness (QED) is 0.907. The van der Waals surface area contributed by atoms with Crippen LogP contribution in [0.2, 0.25) is 0 Å². The third-order valence-electron chi connectivity index (χ3n) is 4.41. The summed E-state index contributed by atoms with van der Waals surface area (Å²) in [6.45, 7) is -1.71. The number of hydrogen-bond acceptors (Lipinski definition) is 2. The van der Waals surface area contributed by atoms with Gasteiger partial charge in [-0.25, -0.2) is 0 Å². The summed E-state index contributed by atoms with van der Waals surface area (Å²) in [6.07, 6.45) is 7.89. The molecule has 3 atom stereocenters. The first-order valence-electron chi connectivity index (χ1n) is 7.19. The number of alkyl halides is 2. The van der Waals surface area contributed by atoms with Crippen molar-refractivity contribution in [1.29, 1.82) is 0 Å². The van der Waals surface area contributed by atoms with Crippen LogP contribution < -0.4 is 10.1 Å². The Balaban J connectivity index is 1.72. The number of hydrogen-bond donors (Lipinski definition) is 1. The Morgan fingerprint density at radius 2 is 2.10 bits per heavy atom. The van der Waals surface area contributed by atoms with Crippen molar-refractivity contribution < 1.29 is 13.5 Å². The normalized spacial score (nSPS) is 29.2. The second-order valence-electron chi connectivity index (χ2n) is 5.56. The van der Waals surface area contributed by atoms with Crippen LogP contribution in [0.15, 0.2) is 30.3 Å². The van der Waals surface area contributed by atoms with Gasteiger partial charge in [-0.2, -0.15) is 8.78 Å². The van der Waals surface area contributed by atoms with Crippen LogP contribution in [0.25, 0.3) is 6.08 Å². The summed E-state index contributed by atoms with van der Waals surface area (Å²) in [4.78, 5) is 0. The number of fused-ring (bicyclic) bond motifs is 1. The first-order valence-corrected chi connectivity index (χ1v) is 7.19. The van der Waals surface area contributed by atoms with Gasteiger partial charge in [0, 0.05) is 11.6 Å². The Bertz CT molecular complexity index is 489. The van der Waals surface area contributed by atoms with Gasteiger partial charge in [0.25, 0.3) is 0 Å². The maximum atomic E-state index is 12.4. The lowest BCUT2D eigenvalue weighted by molar-refractivity contribution is -0.0499. The van der Waals surface area contributed by atoms with Crippen molar-refractivity contribution in [2.24, 2.45) is 11.8 Å². The van der Waals surface area contributed by atoms with Crippen LogP contribution in [-0.4, -0.2) is 19.2 Å². The van der Waals surface area contributed by atoms with Crippen molar-refractivity contribution in [3.8, 4) is 5.75 Å². The second kappa shape index (κ2) is 5.92. The minimum Gasteiger partial charge on any atom is -0.434 e. The number of halogens is 2. The van der Waals surface area contributed by atoms with Crippen LogP contribution in [0, 0.1) is 11.8 Å². The lowest BCUT2D eigenvalue weighted by Gasteiger charge is -2.14. The van der Waals surface area contributed by atoms with Crippen molar-refractivity contribution in [2.45, 2.75) is 31.9 Å². The molecule has 108 valence electrons. The third kappa shape index (κ3) is 2.85. The molecule has 1 saturated carbocycles. The molecule has 0 amide bonds. The molecule has 3 unspecified atom stereocenters. The summed E-state index contributed by atoms with van der Waals surface area (Å²) < 4.78 is 29.3. The molecule has 1 saturated heterocycles. The van der Waals surface area contributed by atoms with Crippen molar-refractivity contribution in [1.82, 2.24) is 5.32 Å². The minimum absolute atomic E-state index is 0.236. The van der Waals surface area contributed by atoms with E-state index in [0.717, 1.165) is 12.5 Å². The Hall–Kier alpha value is -1.42. The highest BCUT2D eigenvalue weighted by Gasteiger charge is 2.37. The summed E-state index contributed by atoms with van der Waals surface area (Å²) in [7, 11) is 0. The van der Waals surface area contributed by atoms with Crippen LogP contribution in [0.4, 0.5) is 8.78 Å². The van der Waals surface area contributed by atoms with Gasteiger partial charge >= 0.3 is 6.61 Å². The van der Waals surface area contributed by atoms with Crippen molar-refractivity contribution in [3.05, 3.63) is 35.9 Å². The molecule has 1 N–H and O–H groups in total. The summed E-state index contributed by atoms with van der Waals surface area (Å²) in [5, 5.41) is 3.51. The Morgan fingerprint density at radius 3 is 2.95 bits per heavy atom. The van der Waals surface area contributed by atoms with Crippen LogP contribution >= 0.6 is 0 Å². The van der Waals surface area contributed by atoms with Gasteiger partial charge in [0.05, 0.1) is 0 Å². The van der Waals surface area contributed by atoms with E-state index in [1.807, 2.05) is 12.1 Å². The van der Waals surface area contributed by atoms with Gasteiger partial charge in [0.2, 0.25) is 0 Å². The number of para-hydroxylation sites is 1. The molecule has 1 heterocycles. The lowest BCUT2D eigenvalue weighted by Crippen LogP contribution is -2.23. The molecular weight excluding hydrogens is 260 g/mol. The maximum Gasteiger partial charge on any atom is 0.387 e. The lowest BCUT2D eigenvalue weighted by atomic mass is 9.93. The van der Waals surface area contributed by atoms with Gasteiger partial charge in [-0.15, -0.1) is 0 Å². The van der Waals surface area contributed by atoms with Crippen LogP contribution in [0.3, 0.4) is 0 Å². The summed E-state index contributed by atoms with van der Waals surface area (Å²) in [6, 6.07) is 7.28. The third-order valence-corrected chi connectivity index (χ3v) is 4.41. The first-order chi connectivity index (χ1) is 9.74. The second-order valence-corrected chi connectivity index (χ2v) is 5.56. The summed E-state index contributed by atoms with van der Waals surface area (Å²) >= 11 is 0. The Kier molecular flexibility index (Phi) is 4.01. The van der Waals surface area contributed by atoms with Gasteiger partial charge < -0.3 is 10.1 Å². The molecule has 1 aromatic rings. The predicted molar refractivity (Wildman–Crippen MR) is 74.7 cm³/mol. The zero-order valence-electron chi connectivity index (χ0n) is 11.3. The van der Waals surface area contributed by atoms with Crippen LogP contribution in [0.1, 0.15) is 24.8 Å². The highest BCUT2D eigenvalue weighted by atomic mass is 19.3. The van der Waals surface area contributed by atoms with Crippen molar-refractivity contribution in [3.63, 3.8) is 0 Å². The predicted octanol–water partition coefficient (Wildman–Crippen LogP) is 3.69. The average molecular weight is 279 g/mol. The molecule has 0 bridgehead atoms. The van der Waals surface area contributed by atoms with E-state index in [1.165, 1.54) is 19.3 Å². The molecule has 0 aromatic heterocycles. The standard InChI is InChI=1S/C16H19F2NO/c17-16(18)20-15-7-2-1-4-11(15)8-9-14-13-6-3-5-12(13)10-19-14/h1-2,4,7-9,12-14,16,19H,3,5-6,10H2/b9-8+. The van der Waals surface area contributed by atoms with Gasteiger partial charge in [-0.1, -0.05) is 36.8 Å². The topological polar surface area (TPSA) is 21.3 Å². The first kappa shape index (κ1) is 13.6. The molecule has 2 aliphatic rings. The largest absolute Gasteiger partial charge is 0.434 e. The molecule has 1 aliphatic heterocycles. The minimum atomic E-state index is -2.78. The van der Waals surface area contributed by atoms with E-state index in [9.17, 15) is 8.78 Å². The fourth-order valence-electron chi connectivity index (χ4n) is 3.47. The van der Waals surface area contributed by atoms with Crippen molar-refractivity contribution >= 4 is 6.08 Å². The average Bonchev–Trinajstić information content (AvgIpc) is 3.00. The van der Waals surface area contributed by atoms with E-state index in [1.54, 1.807) is 18.2 Å². The summed E-state index contributed by atoms with van der Waals surface area (Å²) in [5.74, 6) is 1.73. The van der Waals surface area contributed by atoms with E-state index >= 15 is 0 Å². The molecule has 1 aromatic carbocycles. The van der Waals surface area contributed by atoms with E-state index in [4.69, 9.17) is 0 Å². The zero-order chi connectivity index (χ0) is 13.9. The highest BCUT2D eigenvalue weighted by Crippen LogP contribution is 2.38. The van der Waals surface area contributed by atoms with E-state index in [2.05, 4.69) is 16.1 Å². The van der Waals surface area contributed by atoms with Gasteiger partial charge in [-0.3, -0.25) is 0 Å². The number of rotatable bonds is 4. The fraction of sp³-hybridized carbons (Fsp3) is 0.500.